The second kappa shape index (κ2) is 12.3. The van der Waals surface area contributed by atoms with Gasteiger partial charge < -0.3 is 24.5 Å². The minimum absolute atomic E-state index is 0.135. The van der Waals surface area contributed by atoms with Gasteiger partial charge in [-0.15, -0.1) is 13.2 Å². The van der Waals surface area contributed by atoms with Crippen molar-refractivity contribution in [3.8, 4) is 0 Å². The number of halogens is 2. The lowest BCUT2D eigenvalue weighted by molar-refractivity contribution is -0.146. The largest absolute Gasteiger partial charge is 0.394 e. The second-order valence-electron chi connectivity index (χ2n) is 11.1. The molecule has 0 aliphatic carbocycles. The topological polar surface area (TPSA) is 90.4 Å². The van der Waals surface area contributed by atoms with Crippen LogP contribution in [0.1, 0.15) is 12.0 Å². The zero-order valence-electron chi connectivity index (χ0n) is 23.4. The van der Waals surface area contributed by atoms with Crippen molar-refractivity contribution in [2.45, 2.75) is 41.5 Å². The van der Waals surface area contributed by atoms with Gasteiger partial charge in [-0.3, -0.25) is 14.4 Å². The SMILES string of the molecule is C=CCN(C)C(=O)[C@H]1[C@@H]2OC3(CC2Br)C(C(=O)N(CC=C)c2ccccc2Cl)N([C@@H](CO)Cc2ccccc2)C(=O)[C@H]13. The van der Waals surface area contributed by atoms with Crippen LogP contribution in [0.25, 0.3) is 0 Å². The Balaban J connectivity index is 1.64. The number of rotatable bonds is 11. The first-order chi connectivity index (χ1) is 20.2. The second-order valence-corrected chi connectivity index (χ2v) is 12.7. The van der Waals surface area contributed by atoms with E-state index in [2.05, 4.69) is 29.1 Å². The van der Waals surface area contributed by atoms with Gasteiger partial charge in [0.25, 0.3) is 5.91 Å². The van der Waals surface area contributed by atoms with Gasteiger partial charge in [-0.1, -0.05) is 82.1 Å². The van der Waals surface area contributed by atoms with E-state index in [0.29, 0.717) is 30.1 Å². The first-order valence-corrected chi connectivity index (χ1v) is 15.3. The van der Waals surface area contributed by atoms with Gasteiger partial charge in [0.2, 0.25) is 11.8 Å². The number of para-hydroxylation sites is 1. The van der Waals surface area contributed by atoms with Crippen LogP contribution in [0.4, 0.5) is 5.69 Å². The number of likely N-dealkylation sites (N-methyl/N-ethyl adjacent to an activating group) is 1. The van der Waals surface area contributed by atoms with Crippen LogP contribution < -0.4 is 4.90 Å². The Morgan fingerprint density at radius 1 is 1.14 bits per heavy atom. The highest BCUT2D eigenvalue weighted by atomic mass is 79.9. The molecule has 2 aromatic rings. The van der Waals surface area contributed by atoms with Crippen molar-refractivity contribution in [1.29, 1.82) is 0 Å². The van der Waals surface area contributed by atoms with Crippen molar-refractivity contribution < 1.29 is 24.2 Å². The van der Waals surface area contributed by atoms with E-state index in [1.165, 1.54) is 14.7 Å². The number of aliphatic hydroxyl groups is 1. The molecular weight excluding hydrogens is 622 g/mol. The third kappa shape index (κ3) is 5.00. The Morgan fingerprint density at radius 3 is 2.45 bits per heavy atom. The molecule has 3 amide bonds. The van der Waals surface area contributed by atoms with Crippen LogP contribution >= 0.6 is 27.5 Å². The minimum Gasteiger partial charge on any atom is -0.394 e. The first-order valence-electron chi connectivity index (χ1n) is 14.0. The molecule has 3 aliphatic rings. The number of alkyl halides is 1. The summed E-state index contributed by atoms with van der Waals surface area (Å²) in [4.78, 5) is 47.5. The van der Waals surface area contributed by atoms with E-state index in [0.717, 1.165) is 5.56 Å². The molecule has 5 rings (SSSR count). The summed E-state index contributed by atoms with van der Waals surface area (Å²) in [5, 5.41) is 11.1. The molecular formula is C32H35BrClN3O5. The van der Waals surface area contributed by atoms with E-state index in [1.807, 2.05) is 30.3 Å². The fourth-order valence-corrected chi connectivity index (χ4v) is 8.13. The van der Waals surface area contributed by atoms with E-state index >= 15 is 0 Å². The maximum absolute atomic E-state index is 14.8. The molecule has 10 heteroatoms. The number of hydrogen-bond acceptors (Lipinski definition) is 5. The molecule has 1 spiro atoms. The Bertz CT molecular complexity index is 1370. The molecule has 3 fully saturated rings. The van der Waals surface area contributed by atoms with Crippen LogP contribution in [0, 0.1) is 11.8 Å². The Morgan fingerprint density at radius 2 is 1.81 bits per heavy atom. The van der Waals surface area contributed by atoms with Crippen molar-refractivity contribution in [2.75, 3.05) is 31.6 Å². The molecule has 3 unspecified atom stereocenters. The Hall–Kier alpha value is -2.98. The van der Waals surface area contributed by atoms with Crippen LogP contribution in [-0.4, -0.2) is 88.0 Å². The van der Waals surface area contributed by atoms with Gasteiger partial charge in [0.1, 0.15) is 11.6 Å². The number of anilines is 1. The Labute approximate surface area is 259 Å². The molecule has 0 aromatic heterocycles. The van der Waals surface area contributed by atoms with Gasteiger partial charge >= 0.3 is 0 Å². The molecule has 0 radical (unpaired) electrons. The summed E-state index contributed by atoms with van der Waals surface area (Å²) < 4.78 is 6.66. The lowest BCUT2D eigenvalue weighted by Crippen LogP contribution is -2.59. The van der Waals surface area contributed by atoms with Crippen molar-refractivity contribution in [1.82, 2.24) is 9.80 Å². The quantitative estimate of drug-likeness (QED) is 0.293. The molecule has 3 saturated heterocycles. The predicted octanol–water partition coefficient (Wildman–Crippen LogP) is 3.86. The highest BCUT2D eigenvalue weighted by Crippen LogP contribution is 2.61. The fourth-order valence-electron chi connectivity index (χ4n) is 6.95. The number of fused-ring (bicyclic) bond motifs is 1. The number of carbonyl (C=O) groups is 3. The maximum Gasteiger partial charge on any atom is 0.253 e. The van der Waals surface area contributed by atoms with Crippen LogP contribution in [0.5, 0.6) is 0 Å². The normalized spacial score (nSPS) is 28.3. The van der Waals surface area contributed by atoms with Crippen molar-refractivity contribution in [3.63, 3.8) is 0 Å². The number of ether oxygens (including phenoxy) is 1. The molecule has 0 saturated carbocycles. The van der Waals surface area contributed by atoms with Crippen LogP contribution in [0.3, 0.4) is 0 Å². The van der Waals surface area contributed by atoms with Crippen LogP contribution in [0.2, 0.25) is 5.02 Å². The predicted molar refractivity (Wildman–Crippen MR) is 165 cm³/mol. The van der Waals surface area contributed by atoms with Crippen LogP contribution in [-0.2, 0) is 25.5 Å². The summed E-state index contributed by atoms with van der Waals surface area (Å²) in [6.45, 7) is 7.65. The molecule has 3 heterocycles. The standard InChI is InChI=1S/C32H35BrClN3O5/c1-4-15-35(3)29(39)25-26-30(40)37(21(19-38)17-20-11-7-6-8-12-20)28(32(26)18-22(33)27(25)42-32)31(41)36(16-5-2)24-14-10-9-13-23(24)34/h4-14,21-22,25-28,38H,1-2,15-19H2,3H3/t21-,22?,25-,26+,27-,28?,32?/m1/s1. The minimum atomic E-state index is -1.28. The van der Waals surface area contributed by atoms with Crippen molar-refractivity contribution in [3.05, 3.63) is 90.5 Å². The van der Waals surface area contributed by atoms with E-state index in [4.69, 9.17) is 16.3 Å². The van der Waals surface area contributed by atoms with Gasteiger partial charge in [0, 0.05) is 25.0 Å². The van der Waals surface area contributed by atoms with E-state index in [9.17, 15) is 19.5 Å². The molecule has 2 aromatic carbocycles. The number of carbonyl (C=O) groups excluding carboxylic acids is 3. The lowest BCUT2D eigenvalue weighted by Gasteiger charge is -2.39. The fraction of sp³-hybridized carbons (Fsp3) is 0.406. The molecule has 2 bridgehead atoms. The van der Waals surface area contributed by atoms with Crippen molar-refractivity contribution in [2.24, 2.45) is 11.8 Å². The van der Waals surface area contributed by atoms with Gasteiger partial charge in [-0.05, 0) is 30.5 Å². The number of nitrogens with zero attached hydrogens (tertiary/aromatic N) is 3. The van der Waals surface area contributed by atoms with Gasteiger partial charge in [0.05, 0.1) is 41.3 Å². The molecule has 3 aliphatic heterocycles. The summed E-state index contributed by atoms with van der Waals surface area (Å²) in [6, 6.07) is 14.7. The summed E-state index contributed by atoms with van der Waals surface area (Å²) in [5.41, 5.74) is 0.0925. The van der Waals surface area contributed by atoms with Gasteiger partial charge in [-0.2, -0.15) is 0 Å². The average molecular weight is 657 g/mol. The summed E-state index contributed by atoms with van der Waals surface area (Å²) >= 11 is 10.3. The average Bonchev–Trinajstić information content (AvgIpc) is 3.58. The highest BCUT2D eigenvalue weighted by Gasteiger charge is 2.77. The summed E-state index contributed by atoms with van der Waals surface area (Å²) in [7, 11) is 1.67. The van der Waals surface area contributed by atoms with E-state index in [-0.39, 0.29) is 29.8 Å². The third-order valence-electron chi connectivity index (χ3n) is 8.66. The monoisotopic (exact) mass is 655 g/mol. The molecule has 222 valence electrons. The van der Waals surface area contributed by atoms with Crippen LogP contribution in [0.15, 0.2) is 79.9 Å². The van der Waals surface area contributed by atoms with Gasteiger partial charge in [0.15, 0.2) is 0 Å². The van der Waals surface area contributed by atoms with E-state index in [1.54, 1.807) is 43.5 Å². The first kappa shape index (κ1) is 30.5. The zero-order valence-corrected chi connectivity index (χ0v) is 25.8. The maximum atomic E-state index is 14.8. The summed E-state index contributed by atoms with van der Waals surface area (Å²) in [5.74, 6) is -2.71. The number of aliphatic hydroxyl groups excluding tert-OH is 1. The Kier molecular flexibility index (Phi) is 8.94. The lowest BCUT2D eigenvalue weighted by atomic mass is 9.70. The van der Waals surface area contributed by atoms with Gasteiger partial charge in [-0.25, -0.2) is 0 Å². The molecule has 1 N–H and O–H groups in total. The smallest absolute Gasteiger partial charge is 0.253 e. The number of benzene rings is 2. The summed E-state index contributed by atoms with van der Waals surface area (Å²) in [6.07, 6.45) is 3.30. The van der Waals surface area contributed by atoms with E-state index < -0.39 is 41.5 Å². The zero-order chi connectivity index (χ0) is 30.2. The molecule has 7 atom stereocenters. The number of hydrogen-bond donors (Lipinski definition) is 1. The molecule has 8 nitrogen and oxygen atoms in total. The third-order valence-corrected chi connectivity index (χ3v) is 9.83. The highest BCUT2D eigenvalue weighted by molar-refractivity contribution is 9.09. The van der Waals surface area contributed by atoms with Crippen molar-refractivity contribution >= 4 is 50.9 Å². The number of likely N-dealkylation sites (tertiary alicyclic amines) is 1. The number of amides is 3. The molecule has 42 heavy (non-hydrogen) atoms.